The minimum absolute atomic E-state index is 0.753. The first-order chi connectivity index (χ1) is 6.43. The molecule has 1 aliphatic carbocycles. The van der Waals surface area contributed by atoms with Crippen molar-refractivity contribution in [3.63, 3.8) is 0 Å². The summed E-state index contributed by atoms with van der Waals surface area (Å²) in [6.45, 7) is 0. The summed E-state index contributed by atoms with van der Waals surface area (Å²) < 4.78 is 0. The van der Waals surface area contributed by atoms with E-state index < -0.39 is 0 Å². The maximum Gasteiger partial charge on any atom is 0.142 e. The van der Waals surface area contributed by atoms with Gasteiger partial charge < -0.3 is 0 Å². The normalized spacial score (nSPS) is 16.3. The molecule has 1 saturated carbocycles. The minimum Gasteiger partial charge on any atom is -0.242 e. The van der Waals surface area contributed by atoms with E-state index in [9.17, 15) is 0 Å². The lowest BCUT2D eigenvalue weighted by atomic mass is 10.3. The Morgan fingerprint density at radius 2 is 2.23 bits per heavy atom. The van der Waals surface area contributed by atoms with Crippen molar-refractivity contribution in [1.82, 2.24) is 9.97 Å². The van der Waals surface area contributed by atoms with Crippen LogP contribution in [0, 0.1) is 0 Å². The Bertz CT molecular complexity index is 401. The lowest BCUT2D eigenvalue weighted by molar-refractivity contribution is 1.05. The van der Waals surface area contributed by atoms with Crippen LogP contribution in [0.25, 0.3) is 10.7 Å². The van der Waals surface area contributed by atoms with Crippen LogP contribution in [-0.4, -0.2) is 9.97 Å². The van der Waals surface area contributed by atoms with Crippen LogP contribution in [0.2, 0.25) is 0 Å². The summed E-state index contributed by atoms with van der Waals surface area (Å²) in [5.41, 5.74) is 4.16. The van der Waals surface area contributed by atoms with Crippen LogP contribution >= 0.6 is 22.7 Å². The summed E-state index contributed by atoms with van der Waals surface area (Å²) in [6, 6.07) is 0. The van der Waals surface area contributed by atoms with Gasteiger partial charge in [-0.15, -0.1) is 22.7 Å². The molecule has 0 atom stereocenters. The Hall–Kier alpha value is -0.740. The van der Waals surface area contributed by atoms with E-state index in [2.05, 4.69) is 20.7 Å². The number of rotatable bonds is 2. The van der Waals surface area contributed by atoms with Crippen LogP contribution in [0.1, 0.15) is 24.5 Å². The number of hydrogen-bond donors (Lipinski definition) is 0. The Kier molecular flexibility index (Phi) is 1.70. The fraction of sp³-hybridized carbons (Fsp3) is 0.333. The molecule has 66 valence electrons. The molecule has 2 aromatic heterocycles. The molecule has 0 radical (unpaired) electrons. The Balaban J connectivity index is 1.97. The van der Waals surface area contributed by atoms with Crippen molar-refractivity contribution in [2.45, 2.75) is 18.8 Å². The third-order valence-electron chi connectivity index (χ3n) is 2.17. The summed E-state index contributed by atoms with van der Waals surface area (Å²) in [4.78, 5) is 8.82. The van der Waals surface area contributed by atoms with Gasteiger partial charge in [0.15, 0.2) is 0 Å². The molecule has 0 saturated heterocycles. The zero-order valence-corrected chi connectivity index (χ0v) is 8.57. The maximum absolute atomic E-state index is 4.58. The molecule has 1 aliphatic rings. The Morgan fingerprint density at radius 3 is 2.92 bits per heavy atom. The molecule has 2 aromatic rings. The molecule has 3 rings (SSSR count). The van der Waals surface area contributed by atoms with Gasteiger partial charge in [-0.2, -0.15) is 0 Å². The summed E-state index contributed by atoms with van der Waals surface area (Å²) >= 11 is 3.33. The van der Waals surface area contributed by atoms with Gasteiger partial charge in [0.05, 0.1) is 11.2 Å². The van der Waals surface area contributed by atoms with Crippen LogP contribution in [0.4, 0.5) is 0 Å². The second-order valence-corrected chi connectivity index (χ2v) is 4.80. The third-order valence-corrected chi connectivity index (χ3v) is 3.64. The fourth-order valence-corrected chi connectivity index (χ4v) is 2.77. The highest BCUT2D eigenvalue weighted by molar-refractivity contribution is 7.13. The van der Waals surface area contributed by atoms with Crippen molar-refractivity contribution in [3.8, 4) is 10.7 Å². The van der Waals surface area contributed by atoms with Crippen molar-refractivity contribution in [2.75, 3.05) is 0 Å². The minimum atomic E-state index is 0.753. The fourth-order valence-electron chi connectivity index (χ4n) is 1.29. The molecule has 0 aliphatic heterocycles. The summed E-state index contributed by atoms with van der Waals surface area (Å²) in [5.74, 6) is 0.753. The van der Waals surface area contributed by atoms with Gasteiger partial charge in [0, 0.05) is 16.7 Å². The quantitative estimate of drug-likeness (QED) is 0.757. The van der Waals surface area contributed by atoms with Gasteiger partial charge in [-0.05, 0) is 12.8 Å². The van der Waals surface area contributed by atoms with E-state index in [1.807, 2.05) is 5.51 Å². The van der Waals surface area contributed by atoms with Gasteiger partial charge in [0.25, 0.3) is 0 Å². The molecule has 2 nitrogen and oxygen atoms in total. The molecular formula is C9H8N2S2. The van der Waals surface area contributed by atoms with Crippen molar-refractivity contribution in [1.29, 1.82) is 0 Å². The van der Waals surface area contributed by atoms with Crippen LogP contribution in [-0.2, 0) is 0 Å². The van der Waals surface area contributed by atoms with Gasteiger partial charge in [-0.1, -0.05) is 0 Å². The summed E-state index contributed by atoms with van der Waals surface area (Å²) in [5, 5.41) is 5.30. The molecule has 4 heteroatoms. The predicted octanol–water partition coefficient (Wildman–Crippen LogP) is 3.14. The van der Waals surface area contributed by atoms with E-state index in [0.29, 0.717) is 0 Å². The Labute approximate surface area is 84.3 Å². The molecular weight excluding hydrogens is 200 g/mol. The first kappa shape index (κ1) is 7.64. The second kappa shape index (κ2) is 2.89. The van der Waals surface area contributed by atoms with E-state index in [4.69, 9.17) is 0 Å². The Morgan fingerprint density at radius 1 is 1.31 bits per heavy atom. The SMILES string of the molecule is c1nc(-c2nc(C3CC3)cs2)cs1. The highest BCUT2D eigenvalue weighted by atomic mass is 32.1. The lowest BCUT2D eigenvalue weighted by Gasteiger charge is -1.87. The van der Waals surface area contributed by atoms with Gasteiger partial charge in [0.1, 0.15) is 10.7 Å². The molecule has 13 heavy (non-hydrogen) atoms. The smallest absolute Gasteiger partial charge is 0.142 e. The van der Waals surface area contributed by atoms with Gasteiger partial charge in [-0.25, -0.2) is 9.97 Å². The zero-order valence-electron chi connectivity index (χ0n) is 6.93. The topological polar surface area (TPSA) is 25.8 Å². The molecule has 2 heterocycles. The lowest BCUT2D eigenvalue weighted by Crippen LogP contribution is -1.79. The van der Waals surface area contributed by atoms with Gasteiger partial charge >= 0.3 is 0 Å². The van der Waals surface area contributed by atoms with Crippen molar-refractivity contribution < 1.29 is 0 Å². The van der Waals surface area contributed by atoms with Gasteiger partial charge in [-0.3, -0.25) is 0 Å². The number of aromatic nitrogens is 2. The number of nitrogens with zero attached hydrogens (tertiary/aromatic N) is 2. The van der Waals surface area contributed by atoms with Crippen LogP contribution < -0.4 is 0 Å². The molecule has 0 amide bonds. The van der Waals surface area contributed by atoms with E-state index >= 15 is 0 Å². The largest absolute Gasteiger partial charge is 0.242 e. The highest BCUT2D eigenvalue weighted by Crippen LogP contribution is 2.41. The summed E-state index contributed by atoms with van der Waals surface area (Å²) in [7, 11) is 0. The molecule has 0 N–H and O–H groups in total. The molecule has 0 aromatic carbocycles. The van der Waals surface area contributed by atoms with E-state index in [1.54, 1.807) is 22.7 Å². The van der Waals surface area contributed by atoms with E-state index in [0.717, 1.165) is 16.6 Å². The van der Waals surface area contributed by atoms with E-state index in [-0.39, 0.29) is 0 Å². The average molecular weight is 208 g/mol. The third kappa shape index (κ3) is 1.40. The molecule has 1 fully saturated rings. The van der Waals surface area contributed by atoms with Crippen LogP contribution in [0.15, 0.2) is 16.3 Å². The molecule has 0 bridgehead atoms. The van der Waals surface area contributed by atoms with E-state index in [1.165, 1.54) is 18.5 Å². The first-order valence-electron chi connectivity index (χ1n) is 4.27. The van der Waals surface area contributed by atoms with Gasteiger partial charge in [0.2, 0.25) is 0 Å². The number of thiazole rings is 2. The highest BCUT2D eigenvalue weighted by Gasteiger charge is 2.26. The number of hydrogen-bond acceptors (Lipinski definition) is 4. The predicted molar refractivity (Wildman–Crippen MR) is 55.2 cm³/mol. The molecule has 0 unspecified atom stereocenters. The first-order valence-corrected chi connectivity index (χ1v) is 6.10. The summed E-state index contributed by atoms with van der Waals surface area (Å²) in [6.07, 6.45) is 2.64. The van der Waals surface area contributed by atoms with Crippen molar-refractivity contribution in [3.05, 3.63) is 22.0 Å². The van der Waals surface area contributed by atoms with Crippen molar-refractivity contribution in [2.24, 2.45) is 0 Å². The monoisotopic (exact) mass is 208 g/mol. The maximum atomic E-state index is 4.58. The van der Waals surface area contributed by atoms with Crippen molar-refractivity contribution >= 4 is 22.7 Å². The van der Waals surface area contributed by atoms with Crippen LogP contribution in [0.5, 0.6) is 0 Å². The zero-order chi connectivity index (χ0) is 8.67. The second-order valence-electron chi connectivity index (χ2n) is 3.23. The standard InChI is InChI=1S/C9H8N2S2/c1-2-6(1)7-4-13-9(11-7)8-3-12-5-10-8/h3-6H,1-2H2. The molecule has 0 spiro atoms. The van der Waals surface area contributed by atoms with Crippen LogP contribution in [0.3, 0.4) is 0 Å². The average Bonchev–Trinajstić information content (AvgIpc) is 2.72.